The summed E-state index contributed by atoms with van der Waals surface area (Å²) in [6.45, 7) is 3.57. The van der Waals surface area contributed by atoms with Gasteiger partial charge in [-0.25, -0.2) is 0 Å². The fraction of sp³-hybridized carbons (Fsp3) is 0.318. The minimum atomic E-state index is -1.65. The fourth-order valence-electron chi connectivity index (χ4n) is 4.34. The molecule has 29 heavy (non-hydrogen) atoms. The van der Waals surface area contributed by atoms with Gasteiger partial charge < -0.3 is 4.74 Å². The second-order valence-electron chi connectivity index (χ2n) is 6.90. The summed E-state index contributed by atoms with van der Waals surface area (Å²) in [5.74, 6) is -1.71. The predicted octanol–water partition coefficient (Wildman–Crippen LogP) is 6.21. The van der Waals surface area contributed by atoms with E-state index in [-0.39, 0.29) is 18.8 Å². The van der Waals surface area contributed by atoms with Gasteiger partial charge in [-0.3, -0.25) is 9.59 Å². The number of rotatable bonds is 6. The van der Waals surface area contributed by atoms with E-state index < -0.39 is 22.7 Å². The van der Waals surface area contributed by atoms with Crippen molar-refractivity contribution in [2.45, 2.75) is 26.2 Å². The highest BCUT2D eigenvalue weighted by Gasteiger charge is 2.85. The molecule has 0 N–H and O–H groups in total. The molecule has 0 saturated heterocycles. The fourth-order valence-corrected chi connectivity index (χ4v) is 5.12. The molecule has 1 aliphatic carbocycles. The Balaban J connectivity index is 2.22. The van der Waals surface area contributed by atoms with Gasteiger partial charge in [-0.05, 0) is 43.2 Å². The van der Waals surface area contributed by atoms with Gasteiger partial charge in [0.15, 0.2) is 11.2 Å². The second-order valence-corrected chi connectivity index (χ2v) is 8.66. The van der Waals surface area contributed by atoms with Crippen molar-refractivity contribution in [2.75, 3.05) is 6.61 Å². The molecule has 150 valence electrons. The van der Waals surface area contributed by atoms with Crippen molar-refractivity contribution in [3.63, 3.8) is 0 Å². The van der Waals surface area contributed by atoms with Crippen molar-refractivity contribution in [3.05, 3.63) is 68.1 Å². The molecule has 0 spiro atoms. The van der Waals surface area contributed by atoms with Crippen LogP contribution in [0.2, 0.25) is 10.0 Å². The third-order valence-electron chi connectivity index (χ3n) is 5.66. The average Bonchev–Trinajstić information content (AvgIpc) is 3.32. The van der Waals surface area contributed by atoms with Gasteiger partial charge in [0.25, 0.3) is 0 Å². The molecule has 1 aliphatic rings. The lowest BCUT2D eigenvalue weighted by atomic mass is 9.83. The molecule has 1 saturated carbocycles. The predicted molar refractivity (Wildman–Crippen MR) is 115 cm³/mol. The number of Topliss-reactive ketones (excluding diaryl/α,β-unsaturated/α-hetero) is 1. The molecule has 0 amide bonds. The molecule has 0 aliphatic heterocycles. The number of esters is 1. The van der Waals surface area contributed by atoms with Crippen molar-refractivity contribution in [1.29, 1.82) is 5.26 Å². The average molecular weight is 495 g/mol. The van der Waals surface area contributed by atoms with Gasteiger partial charge in [-0.2, -0.15) is 5.26 Å². The second kappa shape index (κ2) is 8.10. The summed E-state index contributed by atoms with van der Waals surface area (Å²) in [5.41, 5.74) is -1.97. The summed E-state index contributed by atoms with van der Waals surface area (Å²) in [6, 6.07) is 13.9. The van der Waals surface area contributed by atoms with E-state index in [4.69, 9.17) is 27.9 Å². The number of carbonyl (C=O) groups excluding carboxylic acids is 2. The van der Waals surface area contributed by atoms with E-state index in [9.17, 15) is 14.9 Å². The highest BCUT2D eigenvalue weighted by Crippen LogP contribution is 2.77. The van der Waals surface area contributed by atoms with Gasteiger partial charge in [0.1, 0.15) is 0 Å². The first-order valence-corrected chi connectivity index (χ1v) is 10.7. The molecule has 3 unspecified atom stereocenters. The van der Waals surface area contributed by atoms with E-state index in [1.807, 2.05) is 0 Å². The Kier molecular flexibility index (Phi) is 6.10. The number of hydrogen-bond donors (Lipinski definition) is 0. The Morgan fingerprint density at radius 2 is 1.83 bits per heavy atom. The maximum absolute atomic E-state index is 13.7. The lowest BCUT2D eigenvalue weighted by Crippen LogP contribution is -2.30. The molecule has 7 heteroatoms. The number of halogens is 3. The topological polar surface area (TPSA) is 67.2 Å². The SMILES string of the molecule is CCOC(=O)C1(C#N)C(c2ccc(Cl)cc2Cl)C1(CC)C(=O)c1ccc(Br)cc1. The van der Waals surface area contributed by atoms with Crippen LogP contribution in [0, 0.1) is 22.2 Å². The van der Waals surface area contributed by atoms with Crippen LogP contribution in [0.5, 0.6) is 0 Å². The summed E-state index contributed by atoms with van der Waals surface area (Å²) >= 11 is 15.8. The van der Waals surface area contributed by atoms with Crippen molar-refractivity contribution < 1.29 is 14.3 Å². The summed E-state index contributed by atoms with van der Waals surface area (Å²) in [6.07, 6.45) is 0.276. The zero-order valence-electron chi connectivity index (χ0n) is 15.8. The van der Waals surface area contributed by atoms with Crippen molar-refractivity contribution in [2.24, 2.45) is 10.8 Å². The smallest absolute Gasteiger partial charge is 0.328 e. The Morgan fingerprint density at radius 3 is 2.34 bits per heavy atom. The standard InChI is InChI=1S/C22H18BrCl2NO3/c1-3-21(19(27)13-5-7-14(23)8-6-13)18(16-10-9-15(24)11-17(16)25)22(21,12-26)20(28)29-4-2/h5-11,18H,3-4H2,1-2H3. The third-order valence-corrected chi connectivity index (χ3v) is 6.75. The van der Waals surface area contributed by atoms with E-state index >= 15 is 0 Å². The number of ether oxygens (including phenoxy) is 1. The highest BCUT2D eigenvalue weighted by molar-refractivity contribution is 9.10. The Morgan fingerprint density at radius 1 is 1.17 bits per heavy atom. The first-order chi connectivity index (χ1) is 13.8. The number of ketones is 1. The van der Waals surface area contributed by atoms with Crippen LogP contribution in [0.3, 0.4) is 0 Å². The molecule has 0 bridgehead atoms. The normalized spacial score (nSPS) is 25.2. The van der Waals surface area contributed by atoms with Gasteiger partial charge >= 0.3 is 5.97 Å². The maximum Gasteiger partial charge on any atom is 0.328 e. The maximum atomic E-state index is 13.7. The first kappa shape index (κ1) is 21.8. The summed E-state index contributed by atoms with van der Waals surface area (Å²) < 4.78 is 6.07. The van der Waals surface area contributed by atoms with Crippen molar-refractivity contribution in [3.8, 4) is 6.07 Å². The first-order valence-electron chi connectivity index (χ1n) is 9.13. The molecule has 1 fully saturated rings. The highest BCUT2D eigenvalue weighted by atomic mass is 79.9. The Bertz CT molecular complexity index is 1020. The number of hydrogen-bond acceptors (Lipinski definition) is 4. The number of carbonyl (C=O) groups is 2. The van der Waals surface area contributed by atoms with E-state index in [2.05, 4.69) is 22.0 Å². The van der Waals surface area contributed by atoms with Crippen LogP contribution in [-0.4, -0.2) is 18.4 Å². The summed E-state index contributed by atoms with van der Waals surface area (Å²) in [4.78, 5) is 26.7. The molecule has 3 rings (SSSR count). The third kappa shape index (κ3) is 3.18. The summed E-state index contributed by atoms with van der Waals surface area (Å²) in [5, 5.41) is 10.9. The molecule has 3 atom stereocenters. The summed E-state index contributed by atoms with van der Waals surface area (Å²) in [7, 11) is 0. The van der Waals surface area contributed by atoms with Crippen LogP contribution < -0.4 is 0 Å². The van der Waals surface area contributed by atoms with Crippen LogP contribution in [0.1, 0.15) is 42.1 Å². The minimum absolute atomic E-state index is 0.107. The molecule has 2 aromatic rings. The molecule has 2 aromatic carbocycles. The van der Waals surface area contributed by atoms with E-state index in [0.717, 1.165) is 4.47 Å². The Hall–Kier alpha value is -1.87. The van der Waals surface area contributed by atoms with Gasteiger partial charge in [0.05, 0.1) is 18.1 Å². The van der Waals surface area contributed by atoms with Crippen LogP contribution in [0.25, 0.3) is 0 Å². The zero-order chi connectivity index (χ0) is 21.4. The monoisotopic (exact) mass is 493 g/mol. The quantitative estimate of drug-likeness (QED) is 0.354. The Labute approximate surface area is 187 Å². The molecule has 4 nitrogen and oxygen atoms in total. The zero-order valence-corrected chi connectivity index (χ0v) is 18.9. The molecular weight excluding hydrogens is 477 g/mol. The van der Waals surface area contributed by atoms with E-state index in [1.54, 1.807) is 56.3 Å². The van der Waals surface area contributed by atoms with Crippen LogP contribution in [0.15, 0.2) is 46.9 Å². The molecule has 0 heterocycles. The number of benzene rings is 2. The number of nitrogens with zero attached hydrogens (tertiary/aromatic N) is 1. The lowest BCUT2D eigenvalue weighted by Gasteiger charge is -2.17. The van der Waals surface area contributed by atoms with Crippen molar-refractivity contribution in [1.82, 2.24) is 0 Å². The van der Waals surface area contributed by atoms with Gasteiger partial charge in [-0.15, -0.1) is 0 Å². The number of nitriles is 1. The lowest BCUT2D eigenvalue weighted by molar-refractivity contribution is -0.148. The molecule has 0 aromatic heterocycles. The largest absolute Gasteiger partial charge is 0.465 e. The minimum Gasteiger partial charge on any atom is -0.465 e. The van der Waals surface area contributed by atoms with E-state index in [0.29, 0.717) is 21.2 Å². The van der Waals surface area contributed by atoms with Crippen molar-refractivity contribution >= 4 is 50.9 Å². The molecule has 0 radical (unpaired) electrons. The van der Waals surface area contributed by atoms with Gasteiger partial charge in [-0.1, -0.05) is 64.3 Å². The van der Waals surface area contributed by atoms with Gasteiger partial charge in [0.2, 0.25) is 0 Å². The van der Waals surface area contributed by atoms with Gasteiger partial charge in [0, 0.05) is 26.0 Å². The van der Waals surface area contributed by atoms with Crippen LogP contribution in [0.4, 0.5) is 0 Å². The van der Waals surface area contributed by atoms with Crippen LogP contribution in [-0.2, 0) is 9.53 Å². The molecular formula is C22H18BrCl2NO3. The van der Waals surface area contributed by atoms with E-state index in [1.165, 1.54) is 0 Å². The van der Waals surface area contributed by atoms with Crippen LogP contribution >= 0.6 is 39.1 Å².